The van der Waals surface area contributed by atoms with Crippen LogP contribution < -0.4 is 14.8 Å². The van der Waals surface area contributed by atoms with Crippen molar-refractivity contribution in [3.8, 4) is 11.5 Å². The van der Waals surface area contributed by atoms with Gasteiger partial charge in [-0.25, -0.2) is 0 Å². The fraction of sp³-hybridized carbons (Fsp3) is 0.211. The molecule has 0 saturated heterocycles. The molecule has 7 heteroatoms. The molecule has 136 valence electrons. The van der Waals surface area contributed by atoms with Crippen molar-refractivity contribution in [2.45, 2.75) is 6.42 Å². The summed E-state index contributed by atoms with van der Waals surface area (Å²) in [6, 6.07) is 13.4. The number of amides is 2. The Morgan fingerprint density at radius 1 is 0.923 bits per heavy atom. The van der Waals surface area contributed by atoms with E-state index < -0.39 is 24.4 Å². The number of carbonyl (C=O) groups is 3. The second-order valence-corrected chi connectivity index (χ2v) is 5.26. The Balaban J connectivity index is 1.82. The van der Waals surface area contributed by atoms with Gasteiger partial charge in [-0.15, -0.1) is 0 Å². The van der Waals surface area contributed by atoms with E-state index in [1.165, 1.54) is 13.2 Å². The van der Waals surface area contributed by atoms with Gasteiger partial charge in [0.1, 0.15) is 11.5 Å². The highest BCUT2D eigenvalue weighted by Gasteiger charge is 2.16. The van der Waals surface area contributed by atoms with Crippen LogP contribution in [0.2, 0.25) is 0 Å². The minimum atomic E-state index is -0.719. The molecule has 0 aliphatic rings. The number of hydrogen-bond donors (Lipinski definition) is 1. The van der Waals surface area contributed by atoms with Crippen LogP contribution in [0.25, 0.3) is 0 Å². The van der Waals surface area contributed by atoms with Crippen LogP contribution in [0.4, 0.5) is 0 Å². The Labute approximate surface area is 150 Å². The Bertz CT molecular complexity index is 785. The maximum Gasteiger partial charge on any atom is 0.310 e. The largest absolute Gasteiger partial charge is 0.497 e. The fourth-order valence-electron chi connectivity index (χ4n) is 2.17. The topological polar surface area (TPSA) is 90.9 Å². The third kappa shape index (κ3) is 5.34. The van der Waals surface area contributed by atoms with E-state index in [4.69, 9.17) is 14.2 Å². The van der Waals surface area contributed by atoms with E-state index >= 15 is 0 Å². The molecule has 0 bridgehead atoms. The van der Waals surface area contributed by atoms with E-state index in [0.29, 0.717) is 11.5 Å². The van der Waals surface area contributed by atoms with Gasteiger partial charge in [0.2, 0.25) is 0 Å². The summed E-state index contributed by atoms with van der Waals surface area (Å²) >= 11 is 0. The lowest BCUT2D eigenvalue weighted by Gasteiger charge is -2.09. The SMILES string of the molecule is COc1ccc(CC(=O)OCC(=O)NC(=O)c2ccccc2OC)cc1. The smallest absolute Gasteiger partial charge is 0.310 e. The lowest BCUT2D eigenvalue weighted by Crippen LogP contribution is -2.34. The number of ether oxygens (including phenoxy) is 3. The average Bonchev–Trinajstić information content (AvgIpc) is 2.67. The molecule has 2 rings (SSSR count). The van der Waals surface area contributed by atoms with Crippen molar-refractivity contribution in [3.05, 3.63) is 59.7 Å². The van der Waals surface area contributed by atoms with Gasteiger partial charge >= 0.3 is 5.97 Å². The van der Waals surface area contributed by atoms with Crippen LogP contribution in [0.3, 0.4) is 0 Å². The van der Waals surface area contributed by atoms with Crippen molar-refractivity contribution in [3.63, 3.8) is 0 Å². The van der Waals surface area contributed by atoms with Crippen molar-refractivity contribution in [1.82, 2.24) is 5.32 Å². The normalized spacial score (nSPS) is 9.92. The van der Waals surface area contributed by atoms with Gasteiger partial charge in [0.25, 0.3) is 11.8 Å². The van der Waals surface area contributed by atoms with Crippen molar-refractivity contribution in [1.29, 1.82) is 0 Å². The van der Waals surface area contributed by atoms with E-state index in [1.807, 2.05) is 0 Å². The number of hydrogen-bond acceptors (Lipinski definition) is 6. The monoisotopic (exact) mass is 357 g/mol. The predicted octanol–water partition coefficient (Wildman–Crippen LogP) is 1.75. The number of para-hydroxylation sites is 1. The molecule has 0 aliphatic heterocycles. The summed E-state index contributed by atoms with van der Waals surface area (Å²) < 4.78 is 15.0. The van der Waals surface area contributed by atoms with Crippen LogP contribution in [-0.4, -0.2) is 38.6 Å². The summed E-state index contributed by atoms with van der Waals surface area (Å²) in [5, 5.41) is 2.15. The van der Waals surface area contributed by atoms with Gasteiger partial charge in [0.15, 0.2) is 6.61 Å². The lowest BCUT2D eigenvalue weighted by atomic mass is 10.1. The Morgan fingerprint density at radius 3 is 2.27 bits per heavy atom. The zero-order valence-corrected chi connectivity index (χ0v) is 14.5. The molecule has 1 N–H and O–H groups in total. The Hall–Kier alpha value is -3.35. The summed E-state index contributed by atoms with van der Waals surface area (Å²) in [5.41, 5.74) is 0.939. The van der Waals surface area contributed by atoms with Crippen molar-refractivity contribution < 1.29 is 28.6 Å². The van der Waals surface area contributed by atoms with Crippen molar-refractivity contribution in [2.24, 2.45) is 0 Å². The molecule has 0 saturated carbocycles. The van der Waals surface area contributed by atoms with Gasteiger partial charge in [-0.1, -0.05) is 24.3 Å². The van der Waals surface area contributed by atoms with Crippen LogP contribution in [0.1, 0.15) is 15.9 Å². The Morgan fingerprint density at radius 2 is 1.62 bits per heavy atom. The lowest BCUT2D eigenvalue weighted by molar-refractivity contribution is -0.147. The number of esters is 1. The van der Waals surface area contributed by atoms with E-state index in [2.05, 4.69) is 5.32 Å². The molecule has 0 radical (unpaired) electrons. The maximum absolute atomic E-state index is 12.1. The maximum atomic E-state index is 12.1. The molecule has 2 aromatic rings. The minimum absolute atomic E-state index is 0.0116. The number of carbonyl (C=O) groups excluding carboxylic acids is 3. The molecule has 0 aromatic heterocycles. The minimum Gasteiger partial charge on any atom is -0.497 e. The molecule has 0 spiro atoms. The first-order chi connectivity index (χ1) is 12.5. The standard InChI is InChI=1S/C19H19NO6/c1-24-14-9-7-13(8-10-14)11-18(22)26-12-17(21)20-19(23)15-5-3-4-6-16(15)25-2/h3-10H,11-12H2,1-2H3,(H,20,21,23). The third-order valence-corrected chi connectivity index (χ3v) is 3.48. The van der Waals surface area contributed by atoms with Gasteiger partial charge in [-0.05, 0) is 29.8 Å². The van der Waals surface area contributed by atoms with E-state index in [9.17, 15) is 14.4 Å². The van der Waals surface area contributed by atoms with Gasteiger partial charge in [0.05, 0.1) is 26.2 Å². The van der Waals surface area contributed by atoms with Crippen LogP contribution in [-0.2, 0) is 20.7 Å². The highest BCUT2D eigenvalue weighted by atomic mass is 16.5. The summed E-state index contributed by atoms with van der Waals surface area (Å²) in [6.07, 6.45) is 0.0116. The number of imide groups is 1. The average molecular weight is 357 g/mol. The highest BCUT2D eigenvalue weighted by Crippen LogP contribution is 2.16. The van der Waals surface area contributed by atoms with Gasteiger partial charge in [-0.3, -0.25) is 19.7 Å². The van der Waals surface area contributed by atoms with E-state index in [1.54, 1.807) is 49.6 Å². The zero-order chi connectivity index (χ0) is 18.9. The number of benzene rings is 2. The van der Waals surface area contributed by atoms with Gasteiger partial charge in [0, 0.05) is 0 Å². The molecular formula is C19H19NO6. The summed E-state index contributed by atoms with van der Waals surface area (Å²) in [5.74, 6) is -0.900. The molecule has 0 unspecified atom stereocenters. The van der Waals surface area contributed by atoms with E-state index in [0.717, 1.165) is 5.56 Å². The zero-order valence-electron chi connectivity index (χ0n) is 14.5. The first-order valence-corrected chi connectivity index (χ1v) is 7.79. The number of nitrogens with one attached hydrogen (secondary N) is 1. The first kappa shape index (κ1) is 19.0. The van der Waals surface area contributed by atoms with Crippen LogP contribution in [0.15, 0.2) is 48.5 Å². The van der Waals surface area contributed by atoms with Crippen LogP contribution in [0.5, 0.6) is 11.5 Å². The number of methoxy groups -OCH3 is 2. The molecule has 2 aromatic carbocycles. The van der Waals surface area contributed by atoms with Gasteiger partial charge < -0.3 is 14.2 Å². The predicted molar refractivity (Wildman–Crippen MR) is 93.1 cm³/mol. The molecule has 2 amide bonds. The first-order valence-electron chi connectivity index (χ1n) is 7.79. The molecule has 0 fully saturated rings. The molecule has 0 aliphatic carbocycles. The Kier molecular flexibility index (Phi) is 6.73. The van der Waals surface area contributed by atoms with Crippen molar-refractivity contribution >= 4 is 17.8 Å². The quantitative estimate of drug-likeness (QED) is 0.759. The molecule has 0 heterocycles. The fourth-order valence-corrected chi connectivity index (χ4v) is 2.17. The summed E-state index contributed by atoms with van der Waals surface area (Å²) in [4.78, 5) is 35.7. The van der Waals surface area contributed by atoms with Crippen LogP contribution >= 0.6 is 0 Å². The third-order valence-electron chi connectivity index (χ3n) is 3.48. The molecule has 7 nitrogen and oxygen atoms in total. The summed E-state index contributed by atoms with van der Waals surface area (Å²) in [6.45, 7) is -0.546. The second-order valence-electron chi connectivity index (χ2n) is 5.26. The molecule has 26 heavy (non-hydrogen) atoms. The van der Waals surface area contributed by atoms with Crippen LogP contribution in [0, 0.1) is 0 Å². The van der Waals surface area contributed by atoms with Crippen molar-refractivity contribution in [2.75, 3.05) is 20.8 Å². The summed E-state index contributed by atoms with van der Waals surface area (Å²) in [7, 11) is 2.98. The molecular weight excluding hydrogens is 338 g/mol. The second kappa shape index (κ2) is 9.22. The van der Waals surface area contributed by atoms with E-state index in [-0.39, 0.29) is 12.0 Å². The van der Waals surface area contributed by atoms with Gasteiger partial charge in [-0.2, -0.15) is 0 Å². The number of rotatable bonds is 7. The molecule has 0 atom stereocenters. The highest BCUT2D eigenvalue weighted by molar-refractivity contribution is 6.06.